The van der Waals surface area contributed by atoms with Crippen LogP contribution in [-0.2, 0) is 4.79 Å². The molecule has 104 valence electrons. The highest BCUT2D eigenvalue weighted by atomic mass is 35.5. The minimum Gasteiger partial charge on any atom is -0.478 e. The van der Waals surface area contributed by atoms with Crippen molar-refractivity contribution in [1.29, 1.82) is 0 Å². The van der Waals surface area contributed by atoms with Gasteiger partial charge in [-0.1, -0.05) is 24.9 Å². The Morgan fingerprint density at radius 3 is 2.68 bits per heavy atom. The highest BCUT2D eigenvalue weighted by Gasteiger charge is 2.19. The first-order valence-electron chi connectivity index (χ1n) is 6.03. The van der Waals surface area contributed by atoms with Gasteiger partial charge in [0.1, 0.15) is 0 Å². The number of halogens is 1. The minimum absolute atomic E-state index is 0.00465. The van der Waals surface area contributed by atoms with Crippen LogP contribution in [0.5, 0.6) is 0 Å². The molecule has 1 amide bonds. The lowest BCUT2D eigenvalue weighted by molar-refractivity contribution is -0.119. The Kier molecular flexibility index (Phi) is 5.79. The number of carbonyl (C=O) groups is 2. The smallest absolute Gasteiger partial charge is 0.337 e. The normalized spacial score (nSPS) is 11.9. The molecule has 4 N–H and O–H groups in total. The van der Waals surface area contributed by atoms with Crippen molar-refractivity contribution in [2.24, 2.45) is 11.7 Å². The van der Waals surface area contributed by atoms with E-state index in [-0.39, 0.29) is 29.6 Å². The lowest BCUT2D eigenvalue weighted by Gasteiger charge is -2.15. The van der Waals surface area contributed by atoms with E-state index in [9.17, 15) is 9.59 Å². The molecular weight excluding hydrogens is 268 g/mol. The van der Waals surface area contributed by atoms with Crippen molar-refractivity contribution in [3.8, 4) is 0 Å². The molecule has 0 aromatic heterocycles. The first-order valence-corrected chi connectivity index (χ1v) is 6.41. The number of hydrogen-bond donors (Lipinski definition) is 3. The molecular formula is C13H17ClN2O3. The fourth-order valence-corrected chi connectivity index (χ4v) is 1.92. The highest BCUT2D eigenvalue weighted by molar-refractivity contribution is 6.31. The molecule has 5 nitrogen and oxygen atoms in total. The first kappa shape index (κ1) is 15.5. The van der Waals surface area contributed by atoms with Crippen molar-refractivity contribution in [2.45, 2.75) is 19.8 Å². The molecule has 0 saturated carbocycles. The Morgan fingerprint density at radius 1 is 1.47 bits per heavy atom. The lowest BCUT2D eigenvalue weighted by atomic mass is 10.0. The van der Waals surface area contributed by atoms with E-state index >= 15 is 0 Å². The molecule has 0 aliphatic carbocycles. The van der Waals surface area contributed by atoms with Gasteiger partial charge in [0.25, 0.3) is 0 Å². The number of hydrogen-bond acceptors (Lipinski definition) is 3. The van der Waals surface area contributed by atoms with Crippen LogP contribution >= 0.6 is 11.6 Å². The minimum atomic E-state index is -1.12. The Bertz CT molecular complexity index is 477. The third kappa shape index (κ3) is 4.22. The number of carboxylic acids is 1. The molecule has 0 bridgehead atoms. The summed E-state index contributed by atoms with van der Waals surface area (Å²) in [7, 11) is 0. The maximum atomic E-state index is 12.0. The fraction of sp³-hybridized carbons (Fsp3) is 0.385. The van der Waals surface area contributed by atoms with Gasteiger partial charge in [-0.05, 0) is 24.6 Å². The van der Waals surface area contributed by atoms with Crippen LogP contribution in [0, 0.1) is 5.92 Å². The van der Waals surface area contributed by atoms with Gasteiger partial charge in [0.05, 0.1) is 17.2 Å². The molecule has 0 saturated heterocycles. The van der Waals surface area contributed by atoms with E-state index in [0.717, 1.165) is 6.42 Å². The summed E-state index contributed by atoms with van der Waals surface area (Å²) < 4.78 is 0. The van der Waals surface area contributed by atoms with Crippen molar-refractivity contribution >= 4 is 29.2 Å². The maximum absolute atomic E-state index is 12.0. The molecule has 0 heterocycles. The molecule has 0 aliphatic heterocycles. The van der Waals surface area contributed by atoms with Gasteiger partial charge < -0.3 is 16.2 Å². The zero-order valence-electron chi connectivity index (χ0n) is 10.6. The maximum Gasteiger partial charge on any atom is 0.337 e. The summed E-state index contributed by atoms with van der Waals surface area (Å²) in [6, 6.07) is 4.24. The number of rotatable bonds is 6. The highest BCUT2D eigenvalue weighted by Crippen LogP contribution is 2.22. The van der Waals surface area contributed by atoms with Gasteiger partial charge in [0.2, 0.25) is 5.91 Å². The van der Waals surface area contributed by atoms with Crippen LogP contribution in [-0.4, -0.2) is 23.5 Å². The van der Waals surface area contributed by atoms with E-state index in [4.69, 9.17) is 22.4 Å². The molecule has 1 rings (SSSR count). The number of nitrogens with one attached hydrogen (secondary N) is 1. The number of carboxylic acid groups (broad SMARTS) is 1. The van der Waals surface area contributed by atoms with Gasteiger partial charge in [-0.3, -0.25) is 4.79 Å². The van der Waals surface area contributed by atoms with Crippen LogP contribution in [0.4, 0.5) is 5.69 Å². The lowest BCUT2D eigenvalue weighted by Crippen LogP contribution is -2.29. The standard InChI is InChI=1S/C13H17ClN2O3/c1-2-3-8(7-15)12(17)16-11-6-9(14)4-5-10(11)13(18)19/h4-6,8H,2-3,7,15H2,1H3,(H,16,17)(H,18,19). The van der Waals surface area contributed by atoms with E-state index in [1.165, 1.54) is 18.2 Å². The second-order valence-electron chi connectivity index (χ2n) is 4.21. The first-order chi connectivity index (χ1) is 8.99. The van der Waals surface area contributed by atoms with E-state index in [1.807, 2.05) is 6.92 Å². The molecule has 19 heavy (non-hydrogen) atoms. The summed E-state index contributed by atoms with van der Waals surface area (Å²) in [6.07, 6.45) is 1.49. The Labute approximate surface area is 116 Å². The summed E-state index contributed by atoms with van der Waals surface area (Å²) in [5.41, 5.74) is 5.74. The van der Waals surface area contributed by atoms with Gasteiger partial charge in [0, 0.05) is 11.6 Å². The Hall–Kier alpha value is -1.59. The zero-order valence-corrected chi connectivity index (χ0v) is 11.4. The van der Waals surface area contributed by atoms with Gasteiger partial charge in [-0.15, -0.1) is 0 Å². The number of benzene rings is 1. The van der Waals surface area contributed by atoms with Gasteiger partial charge in [-0.25, -0.2) is 4.79 Å². The van der Waals surface area contributed by atoms with Crippen LogP contribution < -0.4 is 11.1 Å². The van der Waals surface area contributed by atoms with Gasteiger partial charge in [-0.2, -0.15) is 0 Å². The van der Waals surface area contributed by atoms with E-state index in [1.54, 1.807) is 0 Å². The molecule has 1 aromatic carbocycles. The molecule has 1 aromatic rings. The molecule has 6 heteroatoms. The molecule has 1 atom stereocenters. The molecule has 0 fully saturated rings. The van der Waals surface area contributed by atoms with Crippen molar-refractivity contribution in [3.05, 3.63) is 28.8 Å². The predicted octanol–water partition coefficient (Wildman–Crippen LogP) is 2.35. The Morgan fingerprint density at radius 2 is 2.16 bits per heavy atom. The van der Waals surface area contributed by atoms with Crippen LogP contribution in [0.1, 0.15) is 30.1 Å². The average molecular weight is 285 g/mol. The number of anilines is 1. The number of aromatic carboxylic acids is 1. The molecule has 1 unspecified atom stereocenters. The van der Waals surface area contributed by atoms with E-state index in [2.05, 4.69) is 5.32 Å². The van der Waals surface area contributed by atoms with Crippen LogP contribution in [0.2, 0.25) is 5.02 Å². The van der Waals surface area contributed by atoms with Crippen LogP contribution in [0.25, 0.3) is 0 Å². The quantitative estimate of drug-likeness (QED) is 0.747. The topological polar surface area (TPSA) is 92.4 Å². The van der Waals surface area contributed by atoms with Crippen LogP contribution in [0.3, 0.4) is 0 Å². The summed E-state index contributed by atoms with van der Waals surface area (Å²) >= 11 is 5.81. The third-order valence-electron chi connectivity index (χ3n) is 2.76. The van der Waals surface area contributed by atoms with E-state index < -0.39 is 5.97 Å². The second-order valence-corrected chi connectivity index (χ2v) is 4.64. The second kappa shape index (κ2) is 7.11. The molecule has 0 radical (unpaired) electrons. The zero-order chi connectivity index (χ0) is 14.4. The Balaban J connectivity index is 2.94. The van der Waals surface area contributed by atoms with Crippen molar-refractivity contribution < 1.29 is 14.7 Å². The summed E-state index contributed by atoms with van der Waals surface area (Å²) in [5, 5.41) is 12.0. The summed E-state index contributed by atoms with van der Waals surface area (Å²) in [5.74, 6) is -1.73. The fourth-order valence-electron chi connectivity index (χ4n) is 1.75. The summed E-state index contributed by atoms with van der Waals surface area (Å²) in [4.78, 5) is 23.1. The molecule has 0 spiro atoms. The summed E-state index contributed by atoms with van der Waals surface area (Å²) in [6.45, 7) is 2.18. The van der Waals surface area contributed by atoms with E-state index in [0.29, 0.717) is 11.4 Å². The average Bonchev–Trinajstić information content (AvgIpc) is 2.35. The van der Waals surface area contributed by atoms with Crippen LogP contribution in [0.15, 0.2) is 18.2 Å². The number of carbonyl (C=O) groups excluding carboxylic acids is 1. The third-order valence-corrected chi connectivity index (χ3v) is 3.00. The number of nitrogens with two attached hydrogens (primary N) is 1. The largest absolute Gasteiger partial charge is 0.478 e. The molecule has 0 aliphatic rings. The monoisotopic (exact) mass is 284 g/mol. The predicted molar refractivity (Wildman–Crippen MR) is 74.5 cm³/mol. The van der Waals surface area contributed by atoms with Gasteiger partial charge in [0.15, 0.2) is 0 Å². The number of amides is 1. The van der Waals surface area contributed by atoms with Crippen molar-refractivity contribution in [1.82, 2.24) is 0 Å². The van der Waals surface area contributed by atoms with Crippen molar-refractivity contribution in [3.63, 3.8) is 0 Å². The van der Waals surface area contributed by atoms with Gasteiger partial charge >= 0.3 is 5.97 Å². The van der Waals surface area contributed by atoms with Crippen molar-refractivity contribution in [2.75, 3.05) is 11.9 Å². The SMILES string of the molecule is CCCC(CN)C(=O)Nc1cc(Cl)ccc1C(=O)O.